The Morgan fingerprint density at radius 1 is 1.13 bits per heavy atom. The van der Waals surface area contributed by atoms with Crippen molar-refractivity contribution in [2.75, 3.05) is 0 Å². The largest absolute Gasteiger partial charge is 0.459 e. The third kappa shape index (κ3) is 3.08. The first-order chi connectivity index (χ1) is 7.25. The summed E-state index contributed by atoms with van der Waals surface area (Å²) < 4.78 is 9.78. The molecule has 4 heteroatoms. The molecule has 0 aromatic rings. The van der Waals surface area contributed by atoms with E-state index in [1.165, 1.54) is 6.08 Å². The molecule has 0 aliphatic heterocycles. The molecule has 0 N–H and O–H groups in total. The maximum Gasteiger partial charge on any atom is 0.334 e. The van der Waals surface area contributed by atoms with Crippen LogP contribution in [0.3, 0.4) is 0 Å². The Kier molecular flexibility index (Phi) is 3.04. The third-order valence-corrected chi connectivity index (χ3v) is 2.63. The van der Waals surface area contributed by atoms with Crippen LogP contribution in [0, 0.1) is 5.92 Å². The maximum atomic E-state index is 11.1. The average molecular weight is 210 g/mol. The van der Waals surface area contributed by atoms with Gasteiger partial charge in [0.2, 0.25) is 0 Å². The number of rotatable bonds is 4. The second-order valence-electron chi connectivity index (χ2n) is 4.00. The fourth-order valence-corrected chi connectivity index (χ4v) is 1.26. The van der Waals surface area contributed by atoms with E-state index in [1.807, 2.05) is 0 Å². The average Bonchev–Trinajstić information content (AvgIpc) is 2.94. The van der Waals surface area contributed by atoms with Crippen LogP contribution in [-0.4, -0.2) is 18.0 Å². The van der Waals surface area contributed by atoms with Gasteiger partial charge in [-0.05, 0) is 32.1 Å². The zero-order valence-corrected chi connectivity index (χ0v) is 8.48. The highest BCUT2D eigenvalue weighted by molar-refractivity contribution is 5.82. The van der Waals surface area contributed by atoms with Gasteiger partial charge in [0.15, 0.2) is 0 Å². The van der Waals surface area contributed by atoms with Crippen molar-refractivity contribution in [3.05, 3.63) is 12.3 Å². The highest BCUT2D eigenvalue weighted by Crippen LogP contribution is 2.30. The summed E-state index contributed by atoms with van der Waals surface area (Å²) in [5.41, 5.74) is 0. The molecule has 0 radical (unpaired) electrons. The summed E-state index contributed by atoms with van der Waals surface area (Å²) in [5, 5.41) is 0. The van der Waals surface area contributed by atoms with Crippen LogP contribution >= 0.6 is 0 Å². The molecular weight excluding hydrogens is 196 g/mol. The summed E-state index contributed by atoms with van der Waals surface area (Å²) in [4.78, 5) is 22.2. The highest BCUT2D eigenvalue weighted by atomic mass is 16.5. The van der Waals surface area contributed by atoms with E-state index in [2.05, 4.69) is 0 Å². The molecule has 2 aliphatic carbocycles. The molecule has 0 atom stereocenters. The first-order valence-electron chi connectivity index (χ1n) is 5.33. The number of ether oxygens (including phenoxy) is 2. The summed E-state index contributed by atoms with van der Waals surface area (Å²) in [6.45, 7) is 0. The molecule has 2 fully saturated rings. The van der Waals surface area contributed by atoms with Gasteiger partial charge in [0.25, 0.3) is 0 Å². The van der Waals surface area contributed by atoms with Crippen molar-refractivity contribution >= 4 is 11.9 Å². The molecule has 0 amide bonds. The van der Waals surface area contributed by atoms with E-state index in [9.17, 15) is 9.59 Å². The van der Waals surface area contributed by atoms with Crippen molar-refractivity contribution in [1.82, 2.24) is 0 Å². The van der Waals surface area contributed by atoms with Crippen LogP contribution < -0.4 is 0 Å². The predicted octanol–water partition coefficient (Wildman–Crippen LogP) is 1.55. The van der Waals surface area contributed by atoms with E-state index < -0.39 is 5.97 Å². The van der Waals surface area contributed by atoms with E-state index in [4.69, 9.17) is 9.47 Å². The minimum Gasteiger partial charge on any atom is -0.459 e. The molecule has 0 aromatic carbocycles. The highest BCUT2D eigenvalue weighted by Gasteiger charge is 2.30. The van der Waals surface area contributed by atoms with Crippen LogP contribution in [0.15, 0.2) is 12.3 Å². The Labute approximate surface area is 88.2 Å². The number of hydrogen-bond acceptors (Lipinski definition) is 4. The van der Waals surface area contributed by atoms with E-state index in [1.54, 1.807) is 0 Å². The lowest BCUT2D eigenvalue weighted by Crippen LogP contribution is -2.24. The lowest BCUT2D eigenvalue weighted by Gasteiger charge is -2.24. The Balaban J connectivity index is 1.63. The molecule has 0 unspecified atom stereocenters. The fourth-order valence-electron chi connectivity index (χ4n) is 1.26. The van der Waals surface area contributed by atoms with Gasteiger partial charge >= 0.3 is 11.9 Å². The van der Waals surface area contributed by atoms with Crippen LogP contribution in [-0.2, 0) is 19.1 Å². The van der Waals surface area contributed by atoms with Gasteiger partial charge in [-0.3, -0.25) is 4.79 Å². The number of carbonyl (C=O) groups excluding carboxylic acids is 2. The summed E-state index contributed by atoms with van der Waals surface area (Å²) in [6.07, 6.45) is 7.18. The van der Waals surface area contributed by atoms with Gasteiger partial charge in [-0.2, -0.15) is 0 Å². The number of esters is 2. The molecule has 2 aliphatic rings. The zero-order chi connectivity index (χ0) is 10.7. The van der Waals surface area contributed by atoms with Gasteiger partial charge in [0, 0.05) is 0 Å². The van der Waals surface area contributed by atoms with E-state index in [0.717, 1.165) is 38.4 Å². The number of carbonyl (C=O) groups is 2. The normalized spacial score (nSPS) is 21.1. The maximum absolute atomic E-state index is 11.1. The predicted molar refractivity (Wildman–Crippen MR) is 51.7 cm³/mol. The lowest BCUT2D eigenvalue weighted by molar-refractivity contribution is -0.146. The van der Waals surface area contributed by atoms with E-state index in [0.29, 0.717) is 0 Å². The third-order valence-electron chi connectivity index (χ3n) is 2.63. The smallest absolute Gasteiger partial charge is 0.334 e. The van der Waals surface area contributed by atoms with Crippen LogP contribution in [0.25, 0.3) is 0 Å². The standard InChI is InChI=1S/C11H14O4/c12-10(15-9-2-1-3-9)6-7-14-11(13)8-4-5-8/h6-9H,1-5H2/b7-6+. The topological polar surface area (TPSA) is 52.6 Å². The van der Waals surface area contributed by atoms with Crippen molar-refractivity contribution in [2.45, 2.75) is 38.2 Å². The van der Waals surface area contributed by atoms with Crippen molar-refractivity contribution in [3.63, 3.8) is 0 Å². The minimum atomic E-state index is -0.428. The first kappa shape index (κ1) is 10.2. The summed E-state index contributed by atoms with van der Waals surface area (Å²) in [7, 11) is 0. The molecular formula is C11H14O4. The Morgan fingerprint density at radius 2 is 1.87 bits per heavy atom. The second kappa shape index (κ2) is 4.47. The number of hydrogen-bond donors (Lipinski definition) is 0. The Morgan fingerprint density at radius 3 is 2.40 bits per heavy atom. The van der Waals surface area contributed by atoms with Gasteiger partial charge in [-0.15, -0.1) is 0 Å². The molecule has 0 saturated heterocycles. The van der Waals surface area contributed by atoms with Gasteiger partial charge in [-0.1, -0.05) is 0 Å². The molecule has 4 nitrogen and oxygen atoms in total. The molecule has 2 rings (SSSR count). The lowest BCUT2D eigenvalue weighted by atomic mass is 9.96. The quantitative estimate of drug-likeness (QED) is 0.401. The Bertz CT molecular complexity index is 287. The molecule has 2 saturated carbocycles. The first-order valence-corrected chi connectivity index (χ1v) is 5.33. The second-order valence-corrected chi connectivity index (χ2v) is 4.00. The van der Waals surface area contributed by atoms with Crippen LogP contribution in [0.1, 0.15) is 32.1 Å². The van der Waals surface area contributed by atoms with Crippen LogP contribution in [0.5, 0.6) is 0 Å². The fraction of sp³-hybridized carbons (Fsp3) is 0.636. The molecule has 0 aromatic heterocycles. The van der Waals surface area contributed by atoms with Gasteiger partial charge < -0.3 is 9.47 Å². The zero-order valence-electron chi connectivity index (χ0n) is 8.48. The summed E-state index contributed by atoms with van der Waals surface area (Å²) in [5.74, 6) is -0.622. The van der Waals surface area contributed by atoms with Crippen molar-refractivity contribution in [1.29, 1.82) is 0 Å². The van der Waals surface area contributed by atoms with Gasteiger partial charge in [-0.25, -0.2) is 4.79 Å². The van der Waals surface area contributed by atoms with Crippen LogP contribution in [0.2, 0.25) is 0 Å². The van der Waals surface area contributed by atoms with Gasteiger partial charge in [0.05, 0.1) is 12.0 Å². The summed E-state index contributed by atoms with van der Waals surface area (Å²) in [6, 6.07) is 0. The molecule has 82 valence electrons. The van der Waals surface area contributed by atoms with Crippen LogP contribution in [0.4, 0.5) is 0 Å². The monoisotopic (exact) mass is 210 g/mol. The Hall–Kier alpha value is -1.32. The SMILES string of the molecule is O=C(/C=C/OC(=O)C1CC1)OC1CCC1. The molecule has 0 heterocycles. The molecule has 0 spiro atoms. The summed E-state index contributed by atoms with van der Waals surface area (Å²) >= 11 is 0. The molecule has 0 bridgehead atoms. The van der Waals surface area contributed by atoms with Crippen molar-refractivity contribution < 1.29 is 19.1 Å². The van der Waals surface area contributed by atoms with E-state index in [-0.39, 0.29) is 18.0 Å². The van der Waals surface area contributed by atoms with Gasteiger partial charge in [0.1, 0.15) is 12.4 Å². The van der Waals surface area contributed by atoms with Crippen molar-refractivity contribution in [3.8, 4) is 0 Å². The van der Waals surface area contributed by atoms with E-state index >= 15 is 0 Å². The minimum absolute atomic E-state index is 0.0531. The van der Waals surface area contributed by atoms with Crippen molar-refractivity contribution in [2.24, 2.45) is 5.92 Å². The molecule has 15 heavy (non-hydrogen) atoms.